The van der Waals surface area contributed by atoms with Gasteiger partial charge >= 0.3 is 11.9 Å². The number of allylic oxidation sites excluding steroid dienone is 1. The predicted molar refractivity (Wildman–Crippen MR) is 234 cm³/mol. The van der Waals surface area contributed by atoms with Gasteiger partial charge in [0.05, 0.1) is 18.8 Å². The van der Waals surface area contributed by atoms with Gasteiger partial charge in [0.25, 0.3) is 0 Å². The standard InChI is InChI=1S/C49H78O18/c1-22(2)18-25-19-49(59,44(58)63-25)27-12-16-47(8)26(27)10-11-31-46(7)15-14-32(45(5,6)30(46)13-17-48(31,47)9)65-43-40(67-42-38(57)36(55)33(52)23(3)62-42)39(35(54)29(64-43)21-60-24(4)50)66-41-37(56)34(53)28(51)20-61-41/h18,23,25-43,51-57,59H,10-17,19-21H2,1-9H3/t23-,25-,26?,27-,28+,29+,30-,31+,32-,33-,34-,35+,36+,37+,38+,39-,40+,41-,42-,43-,46-,47+,48+,49+/m0/s1. The van der Waals surface area contributed by atoms with Crippen LogP contribution in [-0.2, 0) is 47.5 Å². The third-order valence-corrected chi connectivity index (χ3v) is 18.8. The summed E-state index contributed by atoms with van der Waals surface area (Å²) in [6.45, 7) is 17.4. The number of carbonyl (C=O) groups is 2. The van der Waals surface area contributed by atoms with Crippen molar-refractivity contribution in [3.8, 4) is 0 Å². The molecule has 382 valence electrons. The van der Waals surface area contributed by atoms with Crippen molar-refractivity contribution in [1.29, 1.82) is 0 Å². The largest absolute Gasteiger partial charge is 0.463 e. The minimum Gasteiger partial charge on any atom is -0.463 e. The number of hydrogen-bond donors (Lipinski definition) is 8. The predicted octanol–water partition coefficient (Wildman–Crippen LogP) is 1.76. The summed E-state index contributed by atoms with van der Waals surface area (Å²) >= 11 is 0. The molecule has 18 nitrogen and oxygen atoms in total. The Labute approximate surface area is 393 Å². The van der Waals surface area contributed by atoms with Gasteiger partial charge in [-0.15, -0.1) is 0 Å². The Morgan fingerprint density at radius 1 is 0.701 bits per heavy atom. The van der Waals surface area contributed by atoms with Gasteiger partial charge in [0, 0.05) is 19.3 Å². The van der Waals surface area contributed by atoms with Crippen molar-refractivity contribution in [3.05, 3.63) is 11.6 Å². The summed E-state index contributed by atoms with van der Waals surface area (Å²) in [4.78, 5) is 25.6. The fourth-order valence-electron chi connectivity index (χ4n) is 15.1. The van der Waals surface area contributed by atoms with Crippen LogP contribution in [0.3, 0.4) is 0 Å². The Bertz CT molecular complexity index is 1840. The van der Waals surface area contributed by atoms with Crippen LogP contribution in [0.15, 0.2) is 11.6 Å². The van der Waals surface area contributed by atoms with Gasteiger partial charge in [-0.2, -0.15) is 0 Å². The van der Waals surface area contributed by atoms with E-state index in [0.717, 1.165) is 50.5 Å². The van der Waals surface area contributed by atoms with Crippen molar-refractivity contribution in [2.75, 3.05) is 13.2 Å². The van der Waals surface area contributed by atoms with Crippen LogP contribution in [-0.4, -0.2) is 170 Å². The SMILES string of the molecule is CC(=O)OC[C@H]1O[C@@H](O[C@H]2CC[C@]3(C)[C@H]4CCC5[C@@H]([C@]6(O)C[C@H](C=C(C)C)OC6=O)CC[C@@]5(C)[C@]4(C)CC[C@H]3C2(C)C)[C@H](O[C@@H]2O[C@@H](C)[C@H](O)[C@@H](O)[C@H]2O)[C@@H](O[C@@H]2OC[C@@H](O)[C@H](O)[C@H]2O)[C@@H]1O. The molecule has 0 aromatic heterocycles. The zero-order valence-electron chi connectivity index (χ0n) is 40.6. The molecule has 0 radical (unpaired) electrons. The van der Waals surface area contributed by atoms with Crippen LogP contribution in [0.4, 0.5) is 0 Å². The van der Waals surface area contributed by atoms with E-state index in [1.165, 1.54) is 13.8 Å². The molecule has 8 N–H and O–H groups in total. The minimum absolute atomic E-state index is 0.0839. The number of cyclic esters (lactones) is 1. The van der Waals surface area contributed by atoms with Crippen LogP contribution in [0.2, 0.25) is 0 Å². The molecular weight excluding hydrogens is 877 g/mol. The van der Waals surface area contributed by atoms with E-state index in [-0.39, 0.29) is 40.4 Å². The average Bonchev–Trinajstić information content (AvgIpc) is 3.76. The van der Waals surface area contributed by atoms with Gasteiger partial charge in [0.15, 0.2) is 24.5 Å². The number of esters is 2. The number of rotatable bonds is 10. The van der Waals surface area contributed by atoms with Crippen molar-refractivity contribution >= 4 is 11.9 Å². The third-order valence-electron chi connectivity index (χ3n) is 18.8. The Hall–Kier alpha value is -1.88. The molecule has 0 spiro atoms. The first-order valence-electron chi connectivity index (χ1n) is 24.7. The summed E-state index contributed by atoms with van der Waals surface area (Å²) in [5, 5.41) is 88.2. The van der Waals surface area contributed by atoms with Gasteiger partial charge < -0.3 is 78.7 Å². The fourth-order valence-corrected chi connectivity index (χ4v) is 15.1. The second-order valence-electron chi connectivity index (χ2n) is 23.1. The summed E-state index contributed by atoms with van der Waals surface area (Å²) in [5.74, 6) is -0.695. The first-order chi connectivity index (χ1) is 31.3. The highest BCUT2D eigenvalue weighted by atomic mass is 16.8. The number of hydrogen-bond acceptors (Lipinski definition) is 18. The number of aliphatic hydroxyl groups is 8. The molecule has 8 aliphatic rings. The van der Waals surface area contributed by atoms with E-state index in [4.69, 9.17) is 37.9 Å². The highest BCUT2D eigenvalue weighted by Crippen LogP contribution is 2.76. The Morgan fingerprint density at radius 2 is 1.37 bits per heavy atom. The molecule has 1 unspecified atom stereocenters. The van der Waals surface area contributed by atoms with Crippen molar-refractivity contribution in [2.24, 2.45) is 45.3 Å². The molecule has 4 saturated heterocycles. The lowest BCUT2D eigenvalue weighted by atomic mass is 9.35. The monoisotopic (exact) mass is 955 g/mol. The highest BCUT2D eigenvalue weighted by molar-refractivity contribution is 5.82. The van der Waals surface area contributed by atoms with Gasteiger partial charge in [0.1, 0.15) is 73.8 Å². The Morgan fingerprint density at radius 3 is 2.06 bits per heavy atom. The summed E-state index contributed by atoms with van der Waals surface area (Å²) in [6.07, 6.45) is -13.4. The lowest BCUT2D eigenvalue weighted by Gasteiger charge is -2.70. The minimum atomic E-state index is -1.78. The van der Waals surface area contributed by atoms with Gasteiger partial charge in [0.2, 0.25) is 0 Å². The molecule has 0 amide bonds. The first kappa shape index (κ1) is 51.5. The number of aliphatic hydroxyl groups excluding tert-OH is 7. The quantitative estimate of drug-likeness (QED) is 0.0881. The van der Waals surface area contributed by atoms with E-state index in [2.05, 4.69) is 34.6 Å². The van der Waals surface area contributed by atoms with Gasteiger partial charge in [-0.05, 0) is 118 Å². The summed E-state index contributed by atoms with van der Waals surface area (Å²) in [7, 11) is 0. The molecule has 0 bridgehead atoms. The molecule has 24 atom stereocenters. The average molecular weight is 955 g/mol. The zero-order valence-corrected chi connectivity index (χ0v) is 40.6. The molecule has 67 heavy (non-hydrogen) atoms. The molecule has 4 aliphatic heterocycles. The van der Waals surface area contributed by atoms with E-state index < -0.39 is 134 Å². The molecule has 4 saturated carbocycles. The zero-order chi connectivity index (χ0) is 48.9. The second-order valence-corrected chi connectivity index (χ2v) is 23.1. The van der Waals surface area contributed by atoms with Crippen LogP contribution < -0.4 is 0 Å². The van der Waals surface area contributed by atoms with E-state index in [1.54, 1.807) is 0 Å². The lowest BCUT2D eigenvalue weighted by molar-refractivity contribution is -0.395. The van der Waals surface area contributed by atoms with Crippen LogP contribution in [0.5, 0.6) is 0 Å². The van der Waals surface area contributed by atoms with Crippen molar-refractivity contribution in [1.82, 2.24) is 0 Å². The van der Waals surface area contributed by atoms with Crippen molar-refractivity contribution in [2.45, 2.75) is 224 Å². The maximum absolute atomic E-state index is 13.5. The molecule has 8 rings (SSSR count). The van der Waals surface area contributed by atoms with Gasteiger partial charge in [-0.3, -0.25) is 4.79 Å². The van der Waals surface area contributed by atoms with Crippen molar-refractivity contribution in [3.63, 3.8) is 0 Å². The third kappa shape index (κ3) is 8.65. The smallest absolute Gasteiger partial charge is 0.339 e. The maximum atomic E-state index is 13.5. The number of fused-ring (bicyclic) bond motifs is 5. The van der Waals surface area contributed by atoms with Crippen LogP contribution in [0.1, 0.15) is 120 Å². The molecule has 0 aromatic carbocycles. The molecular formula is C49H78O18. The lowest BCUT2D eigenvalue weighted by Crippen LogP contribution is -2.68. The first-order valence-corrected chi connectivity index (χ1v) is 24.7. The highest BCUT2D eigenvalue weighted by Gasteiger charge is 2.71. The van der Waals surface area contributed by atoms with Crippen LogP contribution in [0, 0.1) is 45.3 Å². The fraction of sp³-hybridized carbons (Fsp3) is 0.918. The molecule has 4 heterocycles. The van der Waals surface area contributed by atoms with Crippen LogP contribution >= 0.6 is 0 Å². The van der Waals surface area contributed by atoms with E-state index in [9.17, 15) is 50.4 Å². The molecule has 4 aliphatic carbocycles. The second kappa shape index (κ2) is 18.6. The molecule has 18 heteroatoms. The summed E-state index contributed by atoms with van der Waals surface area (Å²) in [6, 6.07) is 0. The number of ether oxygens (including phenoxy) is 8. The van der Waals surface area contributed by atoms with E-state index in [0.29, 0.717) is 12.3 Å². The Kier molecular flexibility index (Phi) is 14.3. The normalized spacial score (nSPS) is 52.9. The maximum Gasteiger partial charge on any atom is 0.339 e. The molecule has 0 aromatic rings. The van der Waals surface area contributed by atoms with Crippen LogP contribution in [0.25, 0.3) is 0 Å². The molecule has 8 fully saturated rings. The summed E-state index contributed by atoms with van der Waals surface area (Å²) in [5.41, 5.74) is -1.32. The van der Waals surface area contributed by atoms with E-state index in [1.807, 2.05) is 19.9 Å². The Balaban J connectivity index is 1.07. The van der Waals surface area contributed by atoms with E-state index >= 15 is 0 Å². The topological polar surface area (TPSA) is 270 Å². The van der Waals surface area contributed by atoms with Crippen molar-refractivity contribution < 1.29 is 88.3 Å². The van der Waals surface area contributed by atoms with Gasteiger partial charge in [-0.1, -0.05) is 40.2 Å². The van der Waals surface area contributed by atoms with Gasteiger partial charge in [-0.25, -0.2) is 4.79 Å². The summed E-state index contributed by atoms with van der Waals surface area (Å²) < 4.78 is 48.7. The number of carbonyl (C=O) groups excluding carboxylic acids is 2.